The Hall–Kier alpha value is -3.77. The number of nitrogens with zero attached hydrogens (tertiary/aromatic N) is 2. The van der Waals surface area contributed by atoms with Crippen LogP contribution in [0.5, 0.6) is 23.0 Å². The Bertz CT molecular complexity index is 1190. The number of carbonyl (C=O) groups excluding carboxylic acids is 2. The van der Waals surface area contributed by atoms with Crippen molar-refractivity contribution in [2.24, 2.45) is 0 Å². The van der Waals surface area contributed by atoms with Gasteiger partial charge in [-0.15, -0.1) is 10.2 Å². The van der Waals surface area contributed by atoms with Crippen molar-refractivity contribution < 1.29 is 28.5 Å². The summed E-state index contributed by atoms with van der Waals surface area (Å²) in [4.78, 5) is 24.5. The second-order valence-electron chi connectivity index (χ2n) is 6.72. The highest BCUT2D eigenvalue weighted by molar-refractivity contribution is 8.01. The molecule has 2 aromatic carbocycles. The van der Waals surface area contributed by atoms with Gasteiger partial charge in [-0.1, -0.05) is 29.2 Å². The quantitative estimate of drug-likeness (QED) is 0.222. The molecule has 2 amide bonds. The van der Waals surface area contributed by atoms with Gasteiger partial charge in [-0.3, -0.25) is 14.9 Å². The Morgan fingerprint density at radius 2 is 1.71 bits per heavy atom. The number of hydrogen-bond donors (Lipinski definition) is 2. The van der Waals surface area contributed by atoms with Crippen LogP contribution in [-0.2, 0) is 9.59 Å². The van der Waals surface area contributed by atoms with E-state index in [1.165, 1.54) is 50.5 Å². The third-order valence-corrected chi connectivity index (χ3v) is 6.40. The van der Waals surface area contributed by atoms with E-state index in [0.717, 1.165) is 0 Å². The summed E-state index contributed by atoms with van der Waals surface area (Å²) in [5, 5.41) is 13.7. The highest BCUT2D eigenvalue weighted by atomic mass is 32.2. The maximum atomic E-state index is 12.3. The molecule has 0 aliphatic rings. The van der Waals surface area contributed by atoms with Gasteiger partial charge in [0.15, 0.2) is 15.8 Å². The number of hydrogen-bond acceptors (Lipinski definition) is 10. The average molecular weight is 517 g/mol. The summed E-state index contributed by atoms with van der Waals surface area (Å²) in [5.41, 5.74) is 1.32. The number of anilines is 2. The van der Waals surface area contributed by atoms with Crippen LogP contribution in [-0.4, -0.2) is 56.2 Å². The fourth-order valence-electron chi connectivity index (χ4n) is 2.86. The minimum Gasteiger partial charge on any atom is -0.497 e. The summed E-state index contributed by atoms with van der Waals surface area (Å²) in [6, 6.07) is 10.5. The first-order chi connectivity index (χ1) is 16.9. The lowest BCUT2D eigenvalue weighted by Crippen LogP contribution is -2.13. The van der Waals surface area contributed by atoms with Crippen LogP contribution in [0.4, 0.5) is 10.8 Å². The fourth-order valence-corrected chi connectivity index (χ4v) is 4.42. The van der Waals surface area contributed by atoms with Gasteiger partial charge in [0.2, 0.25) is 22.7 Å². The molecule has 35 heavy (non-hydrogen) atoms. The van der Waals surface area contributed by atoms with Crippen LogP contribution < -0.4 is 29.6 Å². The summed E-state index contributed by atoms with van der Waals surface area (Å²) in [6.45, 7) is 0. The van der Waals surface area contributed by atoms with Gasteiger partial charge in [-0.25, -0.2) is 0 Å². The molecule has 0 radical (unpaired) electrons. The van der Waals surface area contributed by atoms with Crippen LogP contribution in [0, 0.1) is 0 Å². The highest BCUT2D eigenvalue weighted by Crippen LogP contribution is 2.38. The maximum Gasteiger partial charge on any atom is 0.250 e. The molecule has 0 atom stereocenters. The predicted molar refractivity (Wildman–Crippen MR) is 136 cm³/mol. The molecule has 0 aliphatic carbocycles. The van der Waals surface area contributed by atoms with Gasteiger partial charge in [0.25, 0.3) is 0 Å². The zero-order valence-corrected chi connectivity index (χ0v) is 21.1. The Morgan fingerprint density at radius 3 is 2.37 bits per heavy atom. The molecule has 0 aliphatic heterocycles. The molecule has 1 aromatic heterocycles. The van der Waals surface area contributed by atoms with Crippen LogP contribution >= 0.6 is 23.1 Å². The third kappa shape index (κ3) is 7.36. The monoisotopic (exact) mass is 516 g/mol. The average Bonchev–Trinajstić information content (AvgIpc) is 3.32. The Labute approximate surface area is 210 Å². The Morgan fingerprint density at radius 1 is 0.971 bits per heavy atom. The van der Waals surface area contributed by atoms with Gasteiger partial charge >= 0.3 is 0 Å². The maximum absolute atomic E-state index is 12.3. The summed E-state index contributed by atoms with van der Waals surface area (Å²) < 4.78 is 21.6. The van der Waals surface area contributed by atoms with Crippen molar-refractivity contribution in [2.75, 3.05) is 44.8 Å². The molecule has 0 unspecified atom stereocenters. The largest absolute Gasteiger partial charge is 0.497 e. The molecule has 1 heterocycles. The predicted octanol–water partition coefficient (Wildman–Crippen LogP) is 3.96. The van der Waals surface area contributed by atoms with Crippen molar-refractivity contribution in [2.45, 2.75) is 4.34 Å². The first kappa shape index (κ1) is 25.8. The smallest absolute Gasteiger partial charge is 0.250 e. The van der Waals surface area contributed by atoms with E-state index in [1.807, 2.05) is 0 Å². The number of methoxy groups -OCH3 is 4. The molecule has 12 heteroatoms. The molecule has 2 N–H and O–H groups in total. The van der Waals surface area contributed by atoms with E-state index in [4.69, 9.17) is 18.9 Å². The molecular weight excluding hydrogens is 492 g/mol. The lowest BCUT2D eigenvalue weighted by atomic mass is 10.1. The normalized spacial score (nSPS) is 10.6. The molecule has 184 valence electrons. The van der Waals surface area contributed by atoms with Crippen molar-refractivity contribution in [3.63, 3.8) is 0 Å². The summed E-state index contributed by atoms with van der Waals surface area (Å²) in [7, 11) is 6.12. The molecule has 3 rings (SSSR count). The van der Waals surface area contributed by atoms with E-state index in [9.17, 15) is 9.59 Å². The van der Waals surface area contributed by atoms with Gasteiger partial charge < -0.3 is 24.3 Å². The standard InChI is InChI=1S/C23H24N4O6S2/c1-30-16-7-5-6-15(12-16)24-20(29)13-34-23-27-26-22(35-23)25-19(28)9-8-14-10-17(31-2)21(33-4)18(11-14)32-3/h5-12H,13H2,1-4H3,(H,24,29)(H,25,26,28)/b9-8+. The van der Waals surface area contributed by atoms with E-state index in [-0.39, 0.29) is 17.6 Å². The zero-order valence-electron chi connectivity index (χ0n) is 19.5. The van der Waals surface area contributed by atoms with Crippen LogP contribution in [0.1, 0.15) is 5.56 Å². The molecule has 0 bridgehead atoms. The number of nitrogens with one attached hydrogen (secondary N) is 2. The van der Waals surface area contributed by atoms with Crippen molar-refractivity contribution in [1.29, 1.82) is 0 Å². The number of aromatic nitrogens is 2. The molecule has 0 saturated carbocycles. The van der Waals surface area contributed by atoms with Gasteiger partial charge in [0.1, 0.15) is 5.75 Å². The van der Waals surface area contributed by atoms with Crippen LogP contribution in [0.25, 0.3) is 6.08 Å². The number of benzene rings is 2. The number of thioether (sulfide) groups is 1. The molecule has 10 nitrogen and oxygen atoms in total. The second kappa shape index (κ2) is 12.6. The molecule has 0 saturated heterocycles. The van der Waals surface area contributed by atoms with Crippen molar-refractivity contribution >= 4 is 51.8 Å². The first-order valence-electron chi connectivity index (χ1n) is 10.1. The van der Waals surface area contributed by atoms with E-state index in [0.29, 0.717) is 43.7 Å². The Kier molecular flexibility index (Phi) is 9.32. The molecule has 3 aromatic rings. The third-order valence-electron chi connectivity index (χ3n) is 4.43. The number of ether oxygens (including phenoxy) is 4. The van der Waals surface area contributed by atoms with Crippen molar-refractivity contribution in [3.05, 3.63) is 48.0 Å². The number of rotatable bonds is 11. The molecule has 0 fully saturated rings. The lowest BCUT2D eigenvalue weighted by molar-refractivity contribution is -0.114. The lowest BCUT2D eigenvalue weighted by Gasteiger charge is -2.12. The zero-order chi connectivity index (χ0) is 25.2. The van der Waals surface area contributed by atoms with Gasteiger partial charge in [0, 0.05) is 17.8 Å². The Balaban J connectivity index is 1.53. The van der Waals surface area contributed by atoms with E-state index < -0.39 is 0 Å². The van der Waals surface area contributed by atoms with Crippen molar-refractivity contribution in [1.82, 2.24) is 10.2 Å². The SMILES string of the molecule is COc1cccc(NC(=O)CSc2nnc(NC(=O)/C=C/c3cc(OC)c(OC)c(OC)c3)s2)c1. The molecule has 0 spiro atoms. The fraction of sp³-hybridized carbons (Fsp3) is 0.217. The molecular formula is C23H24N4O6S2. The summed E-state index contributed by atoms with van der Waals surface area (Å²) >= 11 is 2.39. The minimum atomic E-state index is -0.387. The van der Waals surface area contributed by atoms with Crippen LogP contribution in [0.2, 0.25) is 0 Å². The number of amides is 2. The van der Waals surface area contributed by atoms with Gasteiger partial charge in [0.05, 0.1) is 34.2 Å². The van der Waals surface area contributed by atoms with Gasteiger partial charge in [-0.05, 0) is 35.9 Å². The summed E-state index contributed by atoms with van der Waals surface area (Å²) in [5.74, 6) is 1.63. The van der Waals surface area contributed by atoms with E-state index in [1.54, 1.807) is 49.6 Å². The number of carbonyl (C=O) groups is 2. The van der Waals surface area contributed by atoms with Gasteiger partial charge in [-0.2, -0.15) is 0 Å². The second-order valence-corrected chi connectivity index (χ2v) is 8.92. The summed E-state index contributed by atoms with van der Waals surface area (Å²) in [6.07, 6.45) is 2.97. The highest BCUT2D eigenvalue weighted by Gasteiger charge is 2.13. The van der Waals surface area contributed by atoms with Crippen LogP contribution in [0.15, 0.2) is 46.8 Å². The van der Waals surface area contributed by atoms with E-state index >= 15 is 0 Å². The van der Waals surface area contributed by atoms with Crippen molar-refractivity contribution in [3.8, 4) is 23.0 Å². The topological polar surface area (TPSA) is 121 Å². The van der Waals surface area contributed by atoms with Crippen LogP contribution in [0.3, 0.4) is 0 Å². The first-order valence-corrected chi connectivity index (χ1v) is 11.9. The van der Waals surface area contributed by atoms with E-state index in [2.05, 4.69) is 20.8 Å². The minimum absolute atomic E-state index is 0.140.